The Morgan fingerprint density at radius 1 is 1.11 bits per heavy atom. The Hall–Kier alpha value is 0.01000. The number of nitrogens with zero attached hydrogens (tertiary/aromatic N) is 1. The molecule has 1 atom stereocenters. The van der Waals surface area contributed by atoms with Crippen molar-refractivity contribution in [3.63, 3.8) is 0 Å². The highest BCUT2D eigenvalue weighted by Gasteiger charge is 2.27. The van der Waals surface area contributed by atoms with E-state index in [9.17, 15) is 0 Å². The third-order valence-electron chi connectivity index (χ3n) is 3.43. The number of rotatable bonds is 4. The van der Waals surface area contributed by atoms with Crippen molar-refractivity contribution in [2.24, 2.45) is 5.73 Å². The highest BCUT2D eigenvalue weighted by Crippen LogP contribution is 2.40. The fourth-order valence-corrected chi connectivity index (χ4v) is 3.36. The van der Waals surface area contributed by atoms with Gasteiger partial charge in [0.2, 0.25) is 0 Å². The summed E-state index contributed by atoms with van der Waals surface area (Å²) in [5, 5.41) is 1.79. The van der Waals surface area contributed by atoms with Crippen LogP contribution in [0.4, 0.5) is 0 Å². The van der Waals surface area contributed by atoms with Gasteiger partial charge in [0.1, 0.15) is 0 Å². The zero-order chi connectivity index (χ0) is 13.1. The summed E-state index contributed by atoms with van der Waals surface area (Å²) in [6, 6.07) is 3.72. The van der Waals surface area contributed by atoms with Crippen LogP contribution in [0.5, 0.6) is 0 Å². The molecule has 0 bridgehead atoms. The van der Waals surface area contributed by atoms with Gasteiger partial charge in [-0.15, -0.1) is 0 Å². The smallest absolute Gasteiger partial charge is 0.0655 e. The van der Waals surface area contributed by atoms with E-state index in [1.165, 1.54) is 12.8 Å². The minimum atomic E-state index is 0.177. The lowest BCUT2D eigenvalue weighted by molar-refractivity contribution is 0.236. The molecule has 100 valence electrons. The van der Waals surface area contributed by atoms with Crippen LogP contribution >= 0.6 is 34.8 Å². The Morgan fingerprint density at radius 3 is 2.33 bits per heavy atom. The summed E-state index contributed by atoms with van der Waals surface area (Å²) in [5.41, 5.74) is 6.66. The van der Waals surface area contributed by atoms with Gasteiger partial charge < -0.3 is 5.73 Å². The maximum absolute atomic E-state index is 6.32. The lowest BCUT2D eigenvalue weighted by Gasteiger charge is -2.29. The van der Waals surface area contributed by atoms with Crippen molar-refractivity contribution in [3.8, 4) is 0 Å². The van der Waals surface area contributed by atoms with Crippen molar-refractivity contribution in [2.75, 3.05) is 19.6 Å². The molecule has 5 heteroatoms. The first-order valence-corrected chi connectivity index (χ1v) is 7.36. The highest BCUT2D eigenvalue weighted by atomic mass is 35.5. The maximum Gasteiger partial charge on any atom is 0.0655 e. The summed E-state index contributed by atoms with van der Waals surface area (Å²) >= 11 is 18.7. The van der Waals surface area contributed by atoms with Gasteiger partial charge in [-0.3, -0.25) is 4.90 Å². The molecule has 1 fully saturated rings. The second-order valence-corrected chi connectivity index (χ2v) is 5.79. The van der Waals surface area contributed by atoms with Crippen LogP contribution in [0, 0.1) is 0 Å². The molecular formula is C13H17Cl3N2. The summed E-state index contributed by atoms with van der Waals surface area (Å²) in [4.78, 5) is 2.40. The summed E-state index contributed by atoms with van der Waals surface area (Å²) in [6.45, 7) is 2.76. The Morgan fingerprint density at radius 2 is 1.72 bits per heavy atom. The Bertz CT molecular complexity index is 417. The zero-order valence-corrected chi connectivity index (χ0v) is 12.4. The summed E-state index contributed by atoms with van der Waals surface area (Å²) in [5.74, 6) is 0. The first-order chi connectivity index (χ1) is 8.65. The van der Waals surface area contributed by atoms with Crippen LogP contribution in [0.25, 0.3) is 0 Å². The van der Waals surface area contributed by atoms with Gasteiger partial charge in [-0.2, -0.15) is 0 Å². The molecule has 1 aromatic carbocycles. The molecule has 2 N–H and O–H groups in total. The van der Waals surface area contributed by atoms with E-state index in [4.69, 9.17) is 40.5 Å². The van der Waals surface area contributed by atoms with E-state index < -0.39 is 0 Å². The Balaban J connectivity index is 2.38. The van der Waals surface area contributed by atoms with Crippen molar-refractivity contribution in [2.45, 2.75) is 25.3 Å². The number of hydrogen-bond donors (Lipinski definition) is 1. The van der Waals surface area contributed by atoms with Crippen LogP contribution in [0.1, 0.15) is 30.9 Å². The van der Waals surface area contributed by atoms with Gasteiger partial charge in [-0.25, -0.2) is 0 Å². The van der Waals surface area contributed by atoms with Gasteiger partial charge in [0, 0.05) is 16.6 Å². The van der Waals surface area contributed by atoms with Gasteiger partial charge in [-0.05, 0) is 51.0 Å². The molecule has 2 rings (SSSR count). The van der Waals surface area contributed by atoms with E-state index in [1.54, 1.807) is 6.07 Å². The van der Waals surface area contributed by atoms with E-state index in [1.807, 2.05) is 6.07 Å². The van der Waals surface area contributed by atoms with Gasteiger partial charge in [0.05, 0.1) is 10.0 Å². The van der Waals surface area contributed by atoms with Crippen LogP contribution in [0.2, 0.25) is 15.1 Å². The van der Waals surface area contributed by atoms with E-state index in [2.05, 4.69) is 4.90 Å². The second kappa shape index (κ2) is 6.44. The second-order valence-electron chi connectivity index (χ2n) is 4.59. The molecule has 1 aromatic rings. The van der Waals surface area contributed by atoms with Crippen LogP contribution < -0.4 is 5.73 Å². The number of benzene rings is 1. The van der Waals surface area contributed by atoms with Crippen LogP contribution in [0.15, 0.2) is 12.1 Å². The van der Waals surface area contributed by atoms with Gasteiger partial charge in [0.25, 0.3) is 0 Å². The third-order valence-corrected chi connectivity index (χ3v) is 4.58. The van der Waals surface area contributed by atoms with E-state index in [0.29, 0.717) is 21.6 Å². The van der Waals surface area contributed by atoms with Crippen molar-refractivity contribution in [1.82, 2.24) is 4.90 Å². The van der Waals surface area contributed by atoms with Crippen molar-refractivity contribution in [3.05, 3.63) is 32.8 Å². The molecule has 1 aliphatic heterocycles. The average Bonchev–Trinajstić information content (AvgIpc) is 2.87. The predicted molar refractivity (Wildman–Crippen MR) is 78.7 cm³/mol. The highest BCUT2D eigenvalue weighted by molar-refractivity contribution is 6.44. The predicted octanol–water partition coefficient (Wildman–Crippen LogP) is 4.13. The molecule has 1 saturated heterocycles. The molecule has 1 unspecified atom stereocenters. The van der Waals surface area contributed by atoms with Gasteiger partial charge in [0.15, 0.2) is 0 Å². The van der Waals surface area contributed by atoms with Crippen molar-refractivity contribution >= 4 is 34.8 Å². The Labute approximate surface area is 123 Å². The fraction of sp³-hybridized carbons (Fsp3) is 0.538. The summed E-state index contributed by atoms with van der Waals surface area (Å²) in [6.07, 6.45) is 3.29. The zero-order valence-electron chi connectivity index (χ0n) is 10.1. The topological polar surface area (TPSA) is 29.3 Å². The number of nitrogens with two attached hydrogens (primary N) is 1. The third kappa shape index (κ3) is 2.94. The maximum atomic E-state index is 6.32. The lowest BCUT2D eigenvalue weighted by Crippen LogP contribution is -2.28. The molecule has 0 aliphatic carbocycles. The number of likely N-dealkylation sites (tertiary alicyclic amines) is 1. The first kappa shape index (κ1) is 14.4. The quantitative estimate of drug-likeness (QED) is 0.847. The van der Waals surface area contributed by atoms with Crippen molar-refractivity contribution < 1.29 is 0 Å². The van der Waals surface area contributed by atoms with Crippen LogP contribution in [0.3, 0.4) is 0 Å². The molecule has 0 radical (unpaired) electrons. The molecule has 0 spiro atoms. The lowest BCUT2D eigenvalue weighted by atomic mass is 10.0. The minimum absolute atomic E-state index is 0.177. The molecule has 0 aromatic heterocycles. The summed E-state index contributed by atoms with van der Waals surface area (Å²) < 4.78 is 0. The molecule has 0 amide bonds. The first-order valence-electron chi connectivity index (χ1n) is 6.22. The average molecular weight is 308 g/mol. The molecule has 0 saturated carbocycles. The molecule has 1 aliphatic rings. The molecular weight excluding hydrogens is 291 g/mol. The van der Waals surface area contributed by atoms with E-state index in [-0.39, 0.29) is 6.04 Å². The SMILES string of the molecule is NCCC(c1c(Cl)ccc(Cl)c1Cl)N1CCCC1. The normalized spacial score (nSPS) is 18.2. The van der Waals surface area contributed by atoms with Gasteiger partial charge >= 0.3 is 0 Å². The minimum Gasteiger partial charge on any atom is -0.330 e. The van der Waals surface area contributed by atoms with E-state index in [0.717, 1.165) is 25.1 Å². The van der Waals surface area contributed by atoms with Crippen LogP contribution in [-0.2, 0) is 0 Å². The van der Waals surface area contributed by atoms with Crippen LogP contribution in [-0.4, -0.2) is 24.5 Å². The largest absolute Gasteiger partial charge is 0.330 e. The number of halogens is 3. The number of hydrogen-bond acceptors (Lipinski definition) is 2. The molecule has 1 heterocycles. The van der Waals surface area contributed by atoms with Gasteiger partial charge in [-0.1, -0.05) is 34.8 Å². The molecule has 18 heavy (non-hydrogen) atoms. The standard InChI is InChI=1S/C13H17Cl3N2/c14-9-3-4-10(15)13(16)12(9)11(5-6-17)18-7-1-2-8-18/h3-4,11H,1-2,5-8,17H2. The Kier molecular flexibility index (Phi) is 5.16. The molecule has 2 nitrogen and oxygen atoms in total. The van der Waals surface area contributed by atoms with E-state index >= 15 is 0 Å². The monoisotopic (exact) mass is 306 g/mol. The summed E-state index contributed by atoms with van der Waals surface area (Å²) in [7, 11) is 0. The fourth-order valence-electron chi connectivity index (χ4n) is 2.57. The van der Waals surface area contributed by atoms with Crippen molar-refractivity contribution in [1.29, 1.82) is 0 Å².